The molecule has 30 heavy (non-hydrogen) atoms. The van der Waals surface area contributed by atoms with Gasteiger partial charge in [0.1, 0.15) is 4.21 Å². The van der Waals surface area contributed by atoms with Gasteiger partial charge in [0.25, 0.3) is 15.9 Å². The number of rotatable bonds is 6. The van der Waals surface area contributed by atoms with Gasteiger partial charge in [0.05, 0.1) is 0 Å². The summed E-state index contributed by atoms with van der Waals surface area (Å²) in [5.41, 5.74) is 2.27. The summed E-state index contributed by atoms with van der Waals surface area (Å²) in [6.45, 7) is 1.53. The Morgan fingerprint density at radius 1 is 1.00 bits per heavy atom. The van der Waals surface area contributed by atoms with Gasteiger partial charge in [-0.1, -0.05) is 41.9 Å². The molecule has 1 N–H and O–H groups in total. The minimum atomic E-state index is -3.41. The molecule has 3 aromatic rings. The van der Waals surface area contributed by atoms with Crippen molar-refractivity contribution in [3.8, 4) is 10.4 Å². The third kappa shape index (κ3) is 4.44. The van der Waals surface area contributed by atoms with Crippen LogP contribution in [0.3, 0.4) is 0 Å². The number of amides is 1. The molecule has 0 atom stereocenters. The third-order valence-electron chi connectivity index (χ3n) is 5.07. The Morgan fingerprint density at radius 3 is 2.40 bits per heavy atom. The molecule has 0 radical (unpaired) electrons. The number of nitrogens with zero attached hydrogens (tertiary/aromatic N) is 1. The first-order valence-electron chi connectivity index (χ1n) is 9.67. The first-order valence-corrected chi connectivity index (χ1v) is 12.3. The van der Waals surface area contributed by atoms with Crippen molar-refractivity contribution in [1.29, 1.82) is 0 Å². The normalized spacial score (nSPS) is 14.7. The van der Waals surface area contributed by atoms with E-state index in [0.717, 1.165) is 28.8 Å². The van der Waals surface area contributed by atoms with E-state index in [9.17, 15) is 13.2 Å². The lowest BCUT2D eigenvalue weighted by Gasteiger charge is -2.13. The fourth-order valence-corrected chi connectivity index (χ4v) is 6.56. The molecular formula is C22H21ClN2O3S2. The zero-order valence-electron chi connectivity index (χ0n) is 16.2. The van der Waals surface area contributed by atoms with Gasteiger partial charge in [-0.3, -0.25) is 4.79 Å². The minimum absolute atomic E-state index is 0.190. The predicted molar refractivity (Wildman–Crippen MR) is 120 cm³/mol. The maximum absolute atomic E-state index is 12.7. The number of carbonyl (C=O) groups is 1. The molecule has 0 aliphatic carbocycles. The molecule has 1 fully saturated rings. The van der Waals surface area contributed by atoms with Crippen LogP contribution >= 0.6 is 22.9 Å². The molecular weight excluding hydrogens is 440 g/mol. The summed E-state index contributed by atoms with van der Waals surface area (Å²) in [5, 5.41) is 3.48. The van der Waals surface area contributed by atoms with Gasteiger partial charge in [-0.05, 0) is 54.3 Å². The van der Waals surface area contributed by atoms with Crippen molar-refractivity contribution >= 4 is 38.9 Å². The van der Waals surface area contributed by atoms with E-state index in [2.05, 4.69) is 5.32 Å². The van der Waals surface area contributed by atoms with Gasteiger partial charge in [-0.15, -0.1) is 11.3 Å². The van der Waals surface area contributed by atoms with E-state index in [1.807, 2.05) is 36.4 Å². The van der Waals surface area contributed by atoms with E-state index in [0.29, 0.717) is 34.4 Å². The van der Waals surface area contributed by atoms with Crippen LogP contribution in [0.25, 0.3) is 10.4 Å². The smallest absolute Gasteiger partial charge is 0.252 e. The van der Waals surface area contributed by atoms with Gasteiger partial charge in [0.2, 0.25) is 0 Å². The van der Waals surface area contributed by atoms with Crippen molar-refractivity contribution in [2.45, 2.75) is 23.6 Å². The van der Waals surface area contributed by atoms with E-state index in [-0.39, 0.29) is 5.91 Å². The Balaban J connectivity index is 1.44. The monoisotopic (exact) mass is 460 g/mol. The quantitative estimate of drug-likeness (QED) is 0.575. The van der Waals surface area contributed by atoms with Crippen molar-refractivity contribution in [1.82, 2.24) is 9.62 Å². The number of carbonyl (C=O) groups excluding carboxylic acids is 1. The maximum atomic E-state index is 12.7. The molecule has 1 amide bonds. The Labute approximate surface area is 185 Å². The molecule has 2 heterocycles. The van der Waals surface area contributed by atoms with Gasteiger partial charge in [-0.2, -0.15) is 4.31 Å². The van der Waals surface area contributed by atoms with Crippen molar-refractivity contribution in [3.63, 3.8) is 0 Å². The van der Waals surface area contributed by atoms with E-state index < -0.39 is 10.0 Å². The second-order valence-corrected chi connectivity index (χ2v) is 10.7. The van der Waals surface area contributed by atoms with E-state index >= 15 is 0 Å². The Bertz CT molecular complexity index is 1150. The number of hydrogen-bond donors (Lipinski definition) is 1. The average molecular weight is 461 g/mol. The highest BCUT2D eigenvalue weighted by Crippen LogP contribution is 2.33. The number of nitrogens with one attached hydrogen (secondary N) is 1. The molecule has 0 spiro atoms. The lowest BCUT2D eigenvalue weighted by atomic mass is 10.1. The zero-order valence-corrected chi connectivity index (χ0v) is 18.6. The molecule has 2 aromatic carbocycles. The number of thiophene rings is 1. The Kier molecular flexibility index (Phi) is 6.24. The van der Waals surface area contributed by atoms with E-state index in [1.165, 1.54) is 11.3 Å². The molecule has 4 rings (SSSR count). The highest BCUT2D eigenvalue weighted by atomic mass is 35.5. The first kappa shape index (κ1) is 21.1. The molecule has 1 aliphatic rings. The summed E-state index contributed by atoms with van der Waals surface area (Å²) in [4.78, 5) is 13.3. The molecule has 0 saturated carbocycles. The number of sulfonamides is 1. The lowest BCUT2D eigenvalue weighted by molar-refractivity contribution is 0.0951. The summed E-state index contributed by atoms with van der Waals surface area (Å²) in [5.74, 6) is -0.190. The van der Waals surface area contributed by atoms with E-state index in [4.69, 9.17) is 11.6 Å². The lowest BCUT2D eigenvalue weighted by Crippen LogP contribution is -2.27. The van der Waals surface area contributed by atoms with Gasteiger partial charge >= 0.3 is 0 Å². The van der Waals surface area contributed by atoms with Crippen LogP contribution in [0.5, 0.6) is 0 Å². The van der Waals surface area contributed by atoms with Crippen molar-refractivity contribution < 1.29 is 13.2 Å². The van der Waals surface area contributed by atoms with Gasteiger partial charge in [0.15, 0.2) is 0 Å². The summed E-state index contributed by atoms with van der Waals surface area (Å²) in [6.07, 6.45) is 1.83. The van der Waals surface area contributed by atoms with Crippen LogP contribution < -0.4 is 5.32 Å². The Hall–Kier alpha value is -2.19. The summed E-state index contributed by atoms with van der Waals surface area (Å²) >= 11 is 7.38. The van der Waals surface area contributed by atoms with Gasteiger partial charge in [0, 0.05) is 35.1 Å². The fraction of sp³-hybridized carbons (Fsp3) is 0.227. The summed E-state index contributed by atoms with van der Waals surface area (Å²) in [7, 11) is -3.41. The van der Waals surface area contributed by atoms with Crippen molar-refractivity contribution in [2.24, 2.45) is 0 Å². The SMILES string of the molecule is O=C(NCc1ccccc1Cl)c1ccc(-c2ccc(S(=O)(=O)N3CCCC3)s2)cc1. The summed E-state index contributed by atoms with van der Waals surface area (Å²) in [6, 6.07) is 18.0. The van der Waals surface area contributed by atoms with Crippen LogP contribution in [-0.2, 0) is 16.6 Å². The first-order chi connectivity index (χ1) is 14.4. The van der Waals surface area contributed by atoms with Crippen molar-refractivity contribution in [3.05, 3.63) is 76.8 Å². The van der Waals surface area contributed by atoms with E-state index in [1.54, 1.807) is 28.6 Å². The standard InChI is InChI=1S/C22H21ClN2O3S2/c23-19-6-2-1-5-18(19)15-24-22(26)17-9-7-16(8-10-17)20-11-12-21(29-20)30(27,28)25-13-3-4-14-25/h1-2,5-12H,3-4,13-15H2,(H,24,26). The molecule has 5 nitrogen and oxygen atoms in total. The highest BCUT2D eigenvalue weighted by Gasteiger charge is 2.28. The molecule has 0 unspecified atom stereocenters. The minimum Gasteiger partial charge on any atom is -0.348 e. The van der Waals surface area contributed by atoms with Crippen LogP contribution in [0.2, 0.25) is 5.02 Å². The van der Waals surface area contributed by atoms with Crippen LogP contribution in [0.4, 0.5) is 0 Å². The Morgan fingerprint density at radius 2 is 1.70 bits per heavy atom. The average Bonchev–Trinajstić information content (AvgIpc) is 3.46. The van der Waals surface area contributed by atoms with Crippen LogP contribution in [0.15, 0.2) is 64.9 Å². The van der Waals surface area contributed by atoms with Crippen LogP contribution in [0.1, 0.15) is 28.8 Å². The molecule has 8 heteroatoms. The molecule has 156 valence electrons. The second-order valence-electron chi connectivity index (χ2n) is 7.08. The number of hydrogen-bond acceptors (Lipinski definition) is 4. The molecule has 1 aliphatic heterocycles. The molecule has 1 saturated heterocycles. The summed E-state index contributed by atoms with van der Waals surface area (Å²) < 4.78 is 27.3. The van der Waals surface area contributed by atoms with Gasteiger partial charge < -0.3 is 5.32 Å². The second kappa shape index (κ2) is 8.89. The largest absolute Gasteiger partial charge is 0.348 e. The molecule has 0 bridgehead atoms. The van der Waals surface area contributed by atoms with Crippen LogP contribution in [0, 0.1) is 0 Å². The maximum Gasteiger partial charge on any atom is 0.252 e. The number of benzene rings is 2. The highest BCUT2D eigenvalue weighted by molar-refractivity contribution is 7.91. The van der Waals surface area contributed by atoms with Crippen molar-refractivity contribution in [2.75, 3.05) is 13.1 Å². The topological polar surface area (TPSA) is 66.5 Å². The molecule has 1 aromatic heterocycles. The third-order valence-corrected chi connectivity index (χ3v) is 8.94. The van der Waals surface area contributed by atoms with Gasteiger partial charge in [-0.25, -0.2) is 8.42 Å². The number of halogens is 1. The van der Waals surface area contributed by atoms with Crippen LogP contribution in [-0.4, -0.2) is 31.7 Å². The predicted octanol–water partition coefficient (Wildman–Crippen LogP) is 4.78. The fourth-order valence-electron chi connectivity index (χ4n) is 3.37. The zero-order chi connectivity index (χ0) is 21.1.